The Morgan fingerprint density at radius 1 is 1.29 bits per heavy atom. The zero-order valence-electron chi connectivity index (χ0n) is 12.1. The molecule has 0 bridgehead atoms. The third kappa shape index (κ3) is 4.75. The van der Waals surface area contributed by atoms with Gasteiger partial charge in [0, 0.05) is 32.3 Å². The number of furan rings is 1. The fourth-order valence-electron chi connectivity index (χ4n) is 2.34. The van der Waals surface area contributed by atoms with Gasteiger partial charge in [0.05, 0.1) is 6.54 Å². The third-order valence-corrected chi connectivity index (χ3v) is 3.41. The monoisotopic (exact) mass is 292 g/mol. The molecule has 0 unspecified atom stereocenters. The minimum absolute atomic E-state index is 0.0313. The molecule has 0 aliphatic carbocycles. The molecule has 0 spiro atoms. The normalized spacial score (nSPS) is 17.1. The Morgan fingerprint density at radius 2 is 2.10 bits per heavy atom. The second kappa shape index (κ2) is 7.08. The summed E-state index contributed by atoms with van der Waals surface area (Å²) in [5, 5.41) is 8.80. The topological polar surface area (TPSA) is 74.0 Å². The zero-order chi connectivity index (χ0) is 15.2. The van der Waals surface area contributed by atoms with Crippen LogP contribution in [0.3, 0.4) is 0 Å². The van der Waals surface area contributed by atoms with Crippen molar-refractivity contribution in [2.24, 2.45) is 0 Å². The van der Waals surface area contributed by atoms with E-state index in [0.717, 1.165) is 12.2 Å². The smallest absolute Gasteiger partial charge is 0.317 e. The predicted octanol–water partition coefficient (Wildman–Crippen LogP) is 1.22. The van der Waals surface area contributed by atoms with E-state index in [1.165, 1.54) is 6.08 Å². The third-order valence-electron chi connectivity index (χ3n) is 3.41. The van der Waals surface area contributed by atoms with E-state index < -0.39 is 5.97 Å². The molecule has 6 nitrogen and oxygen atoms in total. The van der Waals surface area contributed by atoms with E-state index in [2.05, 4.69) is 0 Å². The van der Waals surface area contributed by atoms with Crippen LogP contribution >= 0.6 is 0 Å². The first-order chi connectivity index (χ1) is 10.0. The van der Waals surface area contributed by atoms with Gasteiger partial charge in [0.25, 0.3) is 0 Å². The number of amides is 1. The minimum Gasteiger partial charge on any atom is -0.480 e. The molecule has 21 heavy (non-hydrogen) atoms. The Bertz CT molecular complexity index is 536. The molecule has 1 aromatic heterocycles. The Hall–Kier alpha value is -2.08. The van der Waals surface area contributed by atoms with Crippen LogP contribution in [-0.2, 0) is 9.59 Å². The van der Waals surface area contributed by atoms with E-state index >= 15 is 0 Å². The number of rotatable bonds is 4. The minimum atomic E-state index is -0.831. The SMILES string of the molecule is Cc1ccc(C=CC(=O)N2CCCN(CC(=O)O)CC2)o1. The summed E-state index contributed by atoms with van der Waals surface area (Å²) in [6.07, 6.45) is 3.95. The van der Waals surface area contributed by atoms with Crippen LogP contribution in [0, 0.1) is 6.92 Å². The van der Waals surface area contributed by atoms with Crippen molar-refractivity contribution in [2.75, 3.05) is 32.7 Å². The van der Waals surface area contributed by atoms with Gasteiger partial charge < -0.3 is 14.4 Å². The van der Waals surface area contributed by atoms with Crippen molar-refractivity contribution in [3.63, 3.8) is 0 Å². The molecular formula is C15H20N2O4. The van der Waals surface area contributed by atoms with Crippen LogP contribution in [0.1, 0.15) is 17.9 Å². The Labute approximate surface area is 123 Å². The lowest BCUT2D eigenvalue weighted by Crippen LogP contribution is -2.36. The molecule has 2 rings (SSSR count). The number of hydrogen-bond donors (Lipinski definition) is 1. The van der Waals surface area contributed by atoms with E-state index in [0.29, 0.717) is 31.9 Å². The highest BCUT2D eigenvalue weighted by molar-refractivity contribution is 5.91. The van der Waals surface area contributed by atoms with Gasteiger partial charge in [-0.2, -0.15) is 0 Å². The summed E-state index contributed by atoms with van der Waals surface area (Å²) >= 11 is 0. The molecule has 1 N–H and O–H groups in total. The van der Waals surface area contributed by atoms with E-state index in [1.807, 2.05) is 24.0 Å². The summed E-state index contributed by atoms with van der Waals surface area (Å²) in [7, 11) is 0. The molecule has 114 valence electrons. The number of carbonyl (C=O) groups excluding carboxylic acids is 1. The molecule has 1 aliphatic rings. The highest BCUT2D eigenvalue weighted by atomic mass is 16.4. The van der Waals surface area contributed by atoms with Gasteiger partial charge in [-0.05, 0) is 31.6 Å². The van der Waals surface area contributed by atoms with Crippen molar-refractivity contribution in [2.45, 2.75) is 13.3 Å². The van der Waals surface area contributed by atoms with Crippen molar-refractivity contribution < 1.29 is 19.1 Å². The van der Waals surface area contributed by atoms with Crippen LogP contribution < -0.4 is 0 Å². The predicted molar refractivity (Wildman–Crippen MR) is 77.8 cm³/mol. The lowest BCUT2D eigenvalue weighted by atomic mass is 10.3. The standard InChI is InChI=1S/C15H20N2O4/c1-12-3-4-13(21-12)5-6-14(18)17-8-2-7-16(9-10-17)11-15(19)20/h3-6H,2,7-11H2,1H3,(H,19,20). The number of carbonyl (C=O) groups is 2. The van der Waals surface area contributed by atoms with Crippen LogP contribution in [0.2, 0.25) is 0 Å². The number of nitrogens with zero attached hydrogens (tertiary/aromatic N) is 2. The molecule has 2 heterocycles. The first kappa shape index (κ1) is 15.3. The Morgan fingerprint density at radius 3 is 2.76 bits per heavy atom. The lowest BCUT2D eigenvalue weighted by molar-refractivity contribution is -0.138. The van der Waals surface area contributed by atoms with E-state index in [-0.39, 0.29) is 12.5 Å². The van der Waals surface area contributed by atoms with Crippen LogP contribution in [0.5, 0.6) is 0 Å². The molecule has 1 fully saturated rings. The quantitative estimate of drug-likeness (QED) is 0.845. The lowest BCUT2D eigenvalue weighted by Gasteiger charge is -2.19. The molecular weight excluding hydrogens is 272 g/mol. The second-order valence-corrected chi connectivity index (χ2v) is 5.13. The van der Waals surface area contributed by atoms with Crippen LogP contribution in [0.4, 0.5) is 0 Å². The van der Waals surface area contributed by atoms with E-state index in [4.69, 9.17) is 9.52 Å². The molecule has 0 atom stereocenters. The summed E-state index contributed by atoms with van der Waals surface area (Å²) in [6, 6.07) is 3.66. The van der Waals surface area contributed by atoms with Crippen LogP contribution in [-0.4, -0.2) is 59.5 Å². The molecule has 0 saturated carbocycles. The fourth-order valence-corrected chi connectivity index (χ4v) is 2.34. The van der Waals surface area contributed by atoms with Gasteiger partial charge in [0.2, 0.25) is 5.91 Å². The first-order valence-electron chi connectivity index (χ1n) is 7.02. The van der Waals surface area contributed by atoms with Crippen LogP contribution in [0.15, 0.2) is 22.6 Å². The molecule has 0 aromatic carbocycles. The molecule has 1 saturated heterocycles. The first-order valence-corrected chi connectivity index (χ1v) is 7.02. The van der Waals surface area contributed by atoms with Gasteiger partial charge in [0.1, 0.15) is 11.5 Å². The maximum absolute atomic E-state index is 12.1. The Kier molecular flexibility index (Phi) is 5.16. The van der Waals surface area contributed by atoms with Crippen molar-refractivity contribution in [1.82, 2.24) is 9.80 Å². The average Bonchev–Trinajstić information content (AvgIpc) is 2.70. The van der Waals surface area contributed by atoms with Crippen molar-refractivity contribution in [1.29, 1.82) is 0 Å². The Balaban J connectivity index is 1.88. The van der Waals surface area contributed by atoms with Gasteiger partial charge in [-0.15, -0.1) is 0 Å². The van der Waals surface area contributed by atoms with Crippen LogP contribution in [0.25, 0.3) is 6.08 Å². The number of aryl methyl sites for hydroxylation is 1. The number of carboxylic acid groups (broad SMARTS) is 1. The fraction of sp³-hybridized carbons (Fsp3) is 0.467. The van der Waals surface area contributed by atoms with Gasteiger partial charge in [-0.3, -0.25) is 14.5 Å². The summed E-state index contributed by atoms with van der Waals surface area (Å²) < 4.78 is 5.38. The largest absolute Gasteiger partial charge is 0.480 e. The number of hydrogen-bond acceptors (Lipinski definition) is 4. The van der Waals surface area contributed by atoms with Crippen molar-refractivity contribution >= 4 is 18.0 Å². The maximum Gasteiger partial charge on any atom is 0.317 e. The van der Waals surface area contributed by atoms with Gasteiger partial charge in [-0.1, -0.05) is 0 Å². The second-order valence-electron chi connectivity index (χ2n) is 5.13. The summed E-state index contributed by atoms with van der Waals surface area (Å²) in [4.78, 5) is 26.4. The van der Waals surface area contributed by atoms with Crippen molar-refractivity contribution in [3.8, 4) is 0 Å². The highest BCUT2D eigenvalue weighted by Gasteiger charge is 2.18. The number of aliphatic carboxylic acids is 1. The van der Waals surface area contributed by atoms with E-state index in [9.17, 15) is 9.59 Å². The van der Waals surface area contributed by atoms with Crippen molar-refractivity contribution in [3.05, 3.63) is 29.7 Å². The van der Waals surface area contributed by atoms with Gasteiger partial charge >= 0.3 is 5.97 Å². The molecule has 1 amide bonds. The van der Waals surface area contributed by atoms with Gasteiger partial charge in [0.15, 0.2) is 0 Å². The molecule has 1 aromatic rings. The van der Waals surface area contributed by atoms with Gasteiger partial charge in [-0.25, -0.2) is 0 Å². The molecule has 6 heteroatoms. The summed E-state index contributed by atoms with van der Waals surface area (Å²) in [6.45, 7) is 4.38. The van der Waals surface area contributed by atoms with E-state index in [1.54, 1.807) is 11.0 Å². The number of carboxylic acids is 1. The average molecular weight is 292 g/mol. The molecule has 0 radical (unpaired) electrons. The summed E-state index contributed by atoms with van der Waals surface area (Å²) in [5.41, 5.74) is 0. The highest BCUT2D eigenvalue weighted by Crippen LogP contribution is 2.09. The maximum atomic E-state index is 12.1. The summed E-state index contributed by atoms with van der Waals surface area (Å²) in [5.74, 6) is 0.563. The zero-order valence-corrected chi connectivity index (χ0v) is 12.1. The molecule has 1 aliphatic heterocycles.